The summed E-state index contributed by atoms with van der Waals surface area (Å²) < 4.78 is 0. The number of carbonyl (C=O) groups is 2. The molecule has 0 rings (SSSR count). The van der Waals surface area contributed by atoms with Gasteiger partial charge in [-0.2, -0.15) is 0 Å². The smallest absolute Gasteiger partial charge is 0.317 e. The van der Waals surface area contributed by atoms with Gasteiger partial charge in [0.15, 0.2) is 0 Å². The number of carboxylic acid groups (broad SMARTS) is 1. The van der Waals surface area contributed by atoms with Gasteiger partial charge in [-0.15, -0.1) is 0 Å². The van der Waals surface area contributed by atoms with E-state index in [9.17, 15) is 9.59 Å². The van der Waals surface area contributed by atoms with Crippen molar-refractivity contribution in [2.24, 2.45) is 0 Å². The summed E-state index contributed by atoms with van der Waals surface area (Å²) in [5.74, 6) is -0.790. The van der Waals surface area contributed by atoms with E-state index < -0.39 is 5.97 Å². The summed E-state index contributed by atoms with van der Waals surface area (Å²) in [6.07, 6.45) is 2.37. The second-order valence-electron chi connectivity index (χ2n) is 4.06. The van der Waals surface area contributed by atoms with Crippen LogP contribution in [-0.4, -0.2) is 41.6 Å². The first kappa shape index (κ1) is 14.7. The van der Waals surface area contributed by atoms with E-state index in [0.717, 1.165) is 13.0 Å². The van der Waals surface area contributed by atoms with Gasteiger partial charge in [0.2, 0.25) is 0 Å². The Labute approximate surface area is 96.8 Å². The van der Waals surface area contributed by atoms with Gasteiger partial charge in [-0.3, -0.25) is 4.79 Å². The van der Waals surface area contributed by atoms with Gasteiger partial charge >= 0.3 is 12.0 Å². The molecule has 5 nitrogen and oxygen atoms in total. The summed E-state index contributed by atoms with van der Waals surface area (Å²) in [6.45, 7) is 4.63. The molecule has 0 saturated carbocycles. The molecule has 0 aromatic heterocycles. The molecule has 1 atom stereocenters. The lowest BCUT2D eigenvalue weighted by Crippen LogP contribution is -2.42. The Bertz CT molecular complexity index is 231. The fourth-order valence-corrected chi connectivity index (χ4v) is 1.39. The molecule has 1 unspecified atom stereocenters. The van der Waals surface area contributed by atoms with Gasteiger partial charge in [0.05, 0.1) is 0 Å². The third kappa shape index (κ3) is 7.09. The van der Waals surface area contributed by atoms with Crippen molar-refractivity contribution in [2.45, 2.75) is 45.6 Å². The van der Waals surface area contributed by atoms with Crippen molar-refractivity contribution >= 4 is 12.0 Å². The number of urea groups is 1. The van der Waals surface area contributed by atoms with Crippen LogP contribution in [-0.2, 0) is 4.79 Å². The number of aliphatic carboxylic acids is 1. The highest BCUT2D eigenvalue weighted by Crippen LogP contribution is 2.01. The molecule has 0 spiro atoms. The normalized spacial score (nSPS) is 11.9. The van der Waals surface area contributed by atoms with Crippen LogP contribution in [0.2, 0.25) is 0 Å². The molecule has 2 N–H and O–H groups in total. The van der Waals surface area contributed by atoms with Crippen molar-refractivity contribution in [3.63, 3.8) is 0 Å². The van der Waals surface area contributed by atoms with Crippen molar-refractivity contribution in [2.75, 3.05) is 13.6 Å². The first-order valence-corrected chi connectivity index (χ1v) is 5.70. The average Bonchev–Trinajstić information content (AvgIpc) is 2.17. The summed E-state index contributed by atoms with van der Waals surface area (Å²) in [5.41, 5.74) is 0. The number of carbonyl (C=O) groups excluding carboxylic acids is 1. The van der Waals surface area contributed by atoms with E-state index >= 15 is 0 Å². The molecule has 94 valence electrons. The molecule has 0 heterocycles. The third-order valence-corrected chi connectivity index (χ3v) is 2.30. The number of rotatable bonds is 7. The Morgan fingerprint density at radius 3 is 2.56 bits per heavy atom. The molecule has 0 bridgehead atoms. The molecule has 0 aliphatic rings. The standard InChI is InChI=1S/C11H22N2O3/c1-4-8-13(3)11(16)12-9(2)6-5-7-10(14)15/h9H,4-8H2,1-3H3,(H,12,16)(H,14,15). The lowest BCUT2D eigenvalue weighted by atomic mass is 10.1. The summed E-state index contributed by atoms with van der Waals surface area (Å²) in [5, 5.41) is 11.3. The minimum Gasteiger partial charge on any atom is -0.481 e. The molecule has 0 aliphatic heterocycles. The first-order chi connectivity index (χ1) is 7.47. The summed E-state index contributed by atoms with van der Waals surface area (Å²) in [7, 11) is 1.75. The summed E-state index contributed by atoms with van der Waals surface area (Å²) in [4.78, 5) is 23.5. The second-order valence-corrected chi connectivity index (χ2v) is 4.06. The van der Waals surface area contributed by atoms with Crippen molar-refractivity contribution < 1.29 is 14.7 Å². The second kappa shape index (κ2) is 7.96. The van der Waals surface area contributed by atoms with Crippen molar-refractivity contribution in [3.05, 3.63) is 0 Å². The summed E-state index contributed by atoms with van der Waals surface area (Å²) in [6, 6.07) is -0.0733. The zero-order chi connectivity index (χ0) is 12.6. The van der Waals surface area contributed by atoms with E-state index in [2.05, 4.69) is 5.32 Å². The molecule has 0 saturated heterocycles. The maximum absolute atomic E-state index is 11.5. The fraction of sp³-hybridized carbons (Fsp3) is 0.818. The van der Waals surface area contributed by atoms with Crippen LogP contribution >= 0.6 is 0 Å². The highest BCUT2D eigenvalue weighted by molar-refractivity contribution is 5.74. The molecule has 2 amide bonds. The van der Waals surface area contributed by atoms with Crippen molar-refractivity contribution in [3.8, 4) is 0 Å². The fourth-order valence-electron chi connectivity index (χ4n) is 1.39. The summed E-state index contributed by atoms with van der Waals surface area (Å²) >= 11 is 0. The monoisotopic (exact) mass is 230 g/mol. The molecule has 16 heavy (non-hydrogen) atoms. The highest BCUT2D eigenvalue weighted by Gasteiger charge is 2.11. The Kier molecular flexibility index (Phi) is 7.33. The van der Waals surface area contributed by atoms with Gasteiger partial charge in [-0.1, -0.05) is 6.92 Å². The van der Waals surface area contributed by atoms with Crippen LogP contribution in [0.15, 0.2) is 0 Å². The van der Waals surface area contributed by atoms with E-state index in [4.69, 9.17) is 5.11 Å². The third-order valence-electron chi connectivity index (χ3n) is 2.30. The van der Waals surface area contributed by atoms with Gasteiger partial charge in [-0.25, -0.2) is 4.79 Å². The average molecular weight is 230 g/mol. The van der Waals surface area contributed by atoms with Gasteiger partial charge in [0, 0.05) is 26.1 Å². The number of hydrogen-bond donors (Lipinski definition) is 2. The van der Waals surface area contributed by atoms with Crippen LogP contribution in [0.3, 0.4) is 0 Å². The Hall–Kier alpha value is -1.26. The van der Waals surface area contributed by atoms with Crippen LogP contribution < -0.4 is 5.32 Å². The molecule has 0 radical (unpaired) electrons. The molecule has 0 aliphatic carbocycles. The van der Waals surface area contributed by atoms with Gasteiger partial charge < -0.3 is 15.3 Å². The number of amides is 2. The van der Waals surface area contributed by atoms with Crippen LogP contribution in [0.4, 0.5) is 4.79 Å². The maximum atomic E-state index is 11.5. The first-order valence-electron chi connectivity index (χ1n) is 5.70. The Balaban J connectivity index is 3.73. The molecule has 0 fully saturated rings. The minimum atomic E-state index is -0.790. The predicted octanol–water partition coefficient (Wildman–Crippen LogP) is 1.68. The van der Waals surface area contributed by atoms with E-state index in [1.807, 2.05) is 13.8 Å². The van der Waals surface area contributed by atoms with Crippen LogP contribution in [0.1, 0.15) is 39.5 Å². The SMILES string of the molecule is CCCN(C)C(=O)NC(C)CCCC(=O)O. The molecule has 0 aromatic carbocycles. The zero-order valence-corrected chi connectivity index (χ0v) is 10.3. The quantitative estimate of drug-likeness (QED) is 0.699. The molecular weight excluding hydrogens is 208 g/mol. The molecule has 5 heteroatoms. The minimum absolute atomic E-state index is 0.0196. The van der Waals surface area contributed by atoms with Crippen molar-refractivity contribution in [1.29, 1.82) is 0 Å². The number of nitrogens with one attached hydrogen (secondary N) is 1. The van der Waals surface area contributed by atoms with E-state index in [1.54, 1.807) is 11.9 Å². The van der Waals surface area contributed by atoms with E-state index in [0.29, 0.717) is 12.8 Å². The largest absolute Gasteiger partial charge is 0.481 e. The van der Waals surface area contributed by atoms with E-state index in [-0.39, 0.29) is 18.5 Å². The van der Waals surface area contributed by atoms with Crippen LogP contribution in [0, 0.1) is 0 Å². The number of hydrogen-bond acceptors (Lipinski definition) is 2. The van der Waals surface area contributed by atoms with E-state index in [1.165, 1.54) is 0 Å². The van der Waals surface area contributed by atoms with Gasteiger partial charge in [0.25, 0.3) is 0 Å². The Morgan fingerprint density at radius 1 is 1.44 bits per heavy atom. The number of nitrogens with zero attached hydrogens (tertiary/aromatic N) is 1. The maximum Gasteiger partial charge on any atom is 0.317 e. The predicted molar refractivity (Wildman–Crippen MR) is 62.4 cm³/mol. The lowest BCUT2D eigenvalue weighted by Gasteiger charge is -2.20. The number of carboxylic acids is 1. The lowest BCUT2D eigenvalue weighted by molar-refractivity contribution is -0.137. The highest BCUT2D eigenvalue weighted by atomic mass is 16.4. The molecular formula is C11H22N2O3. The van der Waals surface area contributed by atoms with Gasteiger partial charge in [-0.05, 0) is 26.2 Å². The zero-order valence-electron chi connectivity index (χ0n) is 10.3. The van der Waals surface area contributed by atoms with Crippen LogP contribution in [0.25, 0.3) is 0 Å². The molecule has 0 aromatic rings. The van der Waals surface area contributed by atoms with Crippen LogP contribution in [0.5, 0.6) is 0 Å². The van der Waals surface area contributed by atoms with Gasteiger partial charge in [0.1, 0.15) is 0 Å². The Morgan fingerprint density at radius 2 is 2.06 bits per heavy atom. The topological polar surface area (TPSA) is 69.6 Å². The van der Waals surface area contributed by atoms with Crippen molar-refractivity contribution in [1.82, 2.24) is 10.2 Å².